The standard InChI is InChI=1S/C16H20N2O5/c1-11(23-13-7-5-4-6-12(13)9-17)15(21)18-16(2,10-22-3)8-14(19)20/h4-7,11H,8,10H2,1-3H3,(H,18,21)(H,19,20). The molecule has 0 fully saturated rings. The van der Waals surface area contributed by atoms with Crippen molar-refractivity contribution in [2.24, 2.45) is 0 Å². The first-order valence-corrected chi connectivity index (χ1v) is 7.00. The minimum absolute atomic E-state index is 0.0482. The Labute approximate surface area is 134 Å². The molecular formula is C16H20N2O5. The Kier molecular flexibility index (Phi) is 6.54. The van der Waals surface area contributed by atoms with Crippen LogP contribution in [0, 0.1) is 11.3 Å². The lowest BCUT2D eigenvalue weighted by molar-refractivity contribution is -0.140. The normalized spacial score (nSPS) is 14.2. The molecule has 124 valence electrons. The number of hydrogen-bond acceptors (Lipinski definition) is 5. The minimum atomic E-state index is -1.05. The third-order valence-corrected chi connectivity index (χ3v) is 3.11. The topological polar surface area (TPSA) is 109 Å². The molecule has 0 saturated heterocycles. The van der Waals surface area contributed by atoms with Crippen LogP contribution in [-0.4, -0.2) is 42.3 Å². The highest BCUT2D eigenvalue weighted by Gasteiger charge is 2.31. The average molecular weight is 320 g/mol. The zero-order chi connectivity index (χ0) is 17.5. The number of nitrogens with zero attached hydrogens (tertiary/aromatic N) is 1. The van der Waals surface area contributed by atoms with E-state index in [0.717, 1.165) is 0 Å². The van der Waals surface area contributed by atoms with E-state index in [2.05, 4.69) is 5.32 Å². The van der Waals surface area contributed by atoms with Gasteiger partial charge in [0.2, 0.25) is 0 Å². The third-order valence-electron chi connectivity index (χ3n) is 3.11. The number of nitrogens with one attached hydrogen (secondary N) is 1. The summed E-state index contributed by atoms with van der Waals surface area (Å²) in [4.78, 5) is 23.2. The van der Waals surface area contributed by atoms with Gasteiger partial charge in [-0.05, 0) is 26.0 Å². The van der Waals surface area contributed by atoms with Crippen LogP contribution < -0.4 is 10.1 Å². The molecule has 1 amide bonds. The first-order valence-electron chi connectivity index (χ1n) is 7.00. The molecule has 0 radical (unpaired) electrons. The number of nitriles is 1. The number of carbonyl (C=O) groups excluding carboxylic acids is 1. The Morgan fingerprint density at radius 1 is 1.43 bits per heavy atom. The minimum Gasteiger partial charge on any atom is -0.481 e. The van der Waals surface area contributed by atoms with E-state index >= 15 is 0 Å². The van der Waals surface area contributed by atoms with Gasteiger partial charge >= 0.3 is 5.97 Å². The van der Waals surface area contributed by atoms with Crippen LogP contribution in [0.4, 0.5) is 0 Å². The van der Waals surface area contributed by atoms with Crippen molar-refractivity contribution in [3.05, 3.63) is 29.8 Å². The summed E-state index contributed by atoms with van der Waals surface area (Å²) in [6.45, 7) is 3.16. The SMILES string of the molecule is COCC(C)(CC(=O)O)NC(=O)C(C)Oc1ccccc1C#N. The van der Waals surface area contributed by atoms with Crippen LogP contribution in [-0.2, 0) is 14.3 Å². The van der Waals surface area contributed by atoms with Crippen LogP contribution in [0.5, 0.6) is 5.75 Å². The zero-order valence-electron chi connectivity index (χ0n) is 13.3. The smallest absolute Gasteiger partial charge is 0.305 e. The van der Waals surface area contributed by atoms with Gasteiger partial charge < -0.3 is 19.9 Å². The van der Waals surface area contributed by atoms with E-state index in [-0.39, 0.29) is 13.0 Å². The molecule has 0 aliphatic rings. The molecule has 1 aromatic carbocycles. The van der Waals surface area contributed by atoms with Gasteiger partial charge in [0.25, 0.3) is 5.91 Å². The molecule has 0 aromatic heterocycles. The molecule has 2 unspecified atom stereocenters. The molecule has 0 aliphatic heterocycles. The molecule has 23 heavy (non-hydrogen) atoms. The maximum absolute atomic E-state index is 12.3. The number of para-hydroxylation sites is 1. The van der Waals surface area contributed by atoms with E-state index in [1.54, 1.807) is 31.2 Å². The number of hydrogen-bond donors (Lipinski definition) is 2. The number of methoxy groups -OCH3 is 1. The van der Waals surface area contributed by atoms with Crippen molar-refractivity contribution in [2.45, 2.75) is 31.9 Å². The number of benzene rings is 1. The van der Waals surface area contributed by atoms with E-state index in [0.29, 0.717) is 11.3 Å². The maximum Gasteiger partial charge on any atom is 0.305 e. The van der Waals surface area contributed by atoms with Gasteiger partial charge in [0.1, 0.15) is 11.8 Å². The molecule has 0 saturated carbocycles. The number of carboxylic acids is 1. The van der Waals surface area contributed by atoms with Gasteiger partial charge in [-0.1, -0.05) is 12.1 Å². The fourth-order valence-electron chi connectivity index (χ4n) is 2.09. The molecule has 2 atom stereocenters. The van der Waals surface area contributed by atoms with Crippen molar-refractivity contribution in [2.75, 3.05) is 13.7 Å². The Bertz CT molecular complexity index is 611. The molecule has 0 spiro atoms. The largest absolute Gasteiger partial charge is 0.481 e. The average Bonchev–Trinajstić information content (AvgIpc) is 2.46. The van der Waals surface area contributed by atoms with Crippen molar-refractivity contribution in [1.82, 2.24) is 5.32 Å². The van der Waals surface area contributed by atoms with E-state index in [1.807, 2.05) is 6.07 Å². The summed E-state index contributed by atoms with van der Waals surface area (Å²) in [6, 6.07) is 8.54. The van der Waals surface area contributed by atoms with Crippen LogP contribution in [0.25, 0.3) is 0 Å². The number of carboxylic acid groups (broad SMARTS) is 1. The van der Waals surface area contributed by atoms with Crippen molar-refractivity contribution in [3.8, 4) is 11.8 Å². The lowest BCUT2D eigenvalue weighted by atomic mass is 9.98. The summed E-state index contributed by atoms with van der Waals surface area (Å²) in [7, 11) is 1.43. The Balaban J connectivity index is 2.79. The predicted molar refractivity (Wildman–Crippen MR) is 81.9 cm³/mol. The number of rotatable bonds is 8. The second-order valence-corrected chi connectivity index (χ2v) is 5.42. The second kappa shape index (κ2) is 8.15. The highest BCUT2D eigenvalue weighted by molar-refractivity contribution is 5.82. The molecule has 0 heterocycles. The highest BCUT2D eigenvalue weighted by Crippen LogP contribution is 2.19. The highest BCUT2D eigenvalue weighted by atomic mass is 16.5. The first-order chi connectivity index (χ1) is 10.8. The zero-order valence-corrected chi connectivity index (χ0v) is 13.3. The molecule has 1 rings (SSSR count). The van der Waals surface area contributed by atoms with E-state index in [1.165, 1.54) is 14.0 Å². The van der Waals surface area contributed by atoms with Crippen molar-refractivity contribution < 1.29 is 24.2 Å². The van der Waals surface area contributed by atoms with Gasteiger partial charge in [0, 0.05) is 7.11 Å². The van der Waals surface area contributed by atoms with Gasteiger partial charge in [0.15, 0.2) is 6.10 Å². The van der Waals surface area contributed by atoms with Gasteiger partial charge in [-0.3, -0.25) is 9.59 Å². The molecule has 7 heteroatoms. The quantitative estimate of drug-likeness (QED) is 0.748. The lowest BCUT2D eigenvalue weighted by Crippen LogP contribution is -2.54. The molecule has 2 N–H and O–H groups in total. The third kappa shape index (κ3) is 5.60. The van der Waals surface area contributed by atoms with Crippen LogP contribution in [0.15, 0.2) is 24.3 Å². The van der Waals surface area contributed by atoms with Crippen molar-refractivity contribution in [1.29, 1.82) is 5.26 Å². The first kappa shape index (κ1) is 18.5. The van der Waals surface area contributed by atoms with Crippen LogP contribution in [0.3, 0.4) is 0 Å². The molecule has 0 aliphatic carbocycles. The summed E-state index contributed by atoms with van der Waals surface area (Å²) in [5.74, 6) is -1.24. The Morgan fingerprint density at radius 3 is 2.65 bits per heavy atom. The summed E-state index contributed by atoms with van der Waals surface area (Å²) in [6.07, 6.45) is -1.18. The second-order valence-electron chi connectivity index (χ2n) is 5.42. The summed E-state index contributed by atoms with van der Waals surface area (Å²) < 4.78 is 10.5. The summed E-state index contributed by atoms with van der Waals surface area (Å²) in [5, 5.41) is 20.6. The molecular weight excluding hydrogens is 300 g/mol. The number of ether oxygens (including phenoxy) is 2. The molecule has 0 bridgehead atoms. The molecule has 1 aromatic rings. The monoisotopic (exact) mass is 320 g/mol. The van der Waals surface area contributed by atoms with Gasteiger partial charge in [0.05, 0.1) is 24.1 Å². The summed E-state index contributed by atoms with van der Waals surface area (Å²) in [5.41, 5.74) is -0.735. The lowest BCUT2D eigenvalue weighted by Gasteiger charge is -2.30. The molecule has 7 nitrogen and oxygen atoms in total. The fraction of sp³-hybridized carbons (Fsp3) is 0.438. The number of carbonyl (C=O) groups is 2. The predicted octanol–water partition coefficient (Wildman–Crippen LogP) is 1.32. The Morgan fingerprint density at radius 2 is 2.09 bits per heavy atom. The van der Waals surface area contributed by atoms with E-state index < -0.39 is 23.5 Å². The van der Waals surface area contributed by atoms with Gasteiger partial charge in [-0.25, -0.2) is 0 Å². The number of aliphatic carboxylic acids is 1. The van der Waals surface area contributed by atoms with Gasteiger partial charge in [-0.15, -0.1) is 0 Å². The van der Waals surface area contributed by atoms with Crippen molar-refractivity contribution >= 4 is 11.9 Å². The Hall–Kier alpha value is -2.59. The fourth-order valence-corrected chi connectivity index (χ4v) is 2.09. The van der Waals surface area contributed by atoms with Crippen molar-refractivity contribution in [3.63, 3.8) is 0 Å². The van der Waals surface area contributed by atoms with Crippen LogP contribution >= 0.6 is 0 Å². The van der Waals surface area contributed by atoms with E-state index in [4.69, 9.17) is 19.8 Å². The van der Waals surface area contributed by atoms with Gasteiger partial charge in [-0.2, -0.15) is 5.26 Å². The summed E-state index contributed by atoms with van der Waals surface area (Å²) >= 11 is 0. The van der Waals surface area contributed by atoms with E-state index in [9.17, 15) is 9.59 Å². The number of amides is 1. The van der Waals surface area contributed by atoms with Crippen LogP contribution in [0.1, 0.15) is 25.8 Å². The maximum atomic E-state index is 12.3. The van der Waals surface area contributed by atoms with Crippen LogP contribution in [0.2, 0.25) is 0 Å².